The zero-order valence-corrected chi connectivity index (χ0v) is 19.2. The van der Waals surface area contributed by atoms with Crippen LogP contribution in [0.5, 0.6) is 11.6 Å². The van der Waals surface area contributed by atoms with Crippen molar-refractivity contribution in [3.63, 3.8) is 0 Å². The number of oxime groups is 1. The van der Waals surface area contributed by atoms with Crippen LogP contribution in [-0.2, 0) is 14.4 Å². The van der Waals surface area contributed by atoms with Crippen molar-refractivity contribution < 1.29 is 28.6 Å². The monoisotopic (exact) mass is 478 g/mol. The maximum absolute atomic E-state index is 13.3. The molecule has 0 radical (unpaired) electrons. The molecule has 1 spiro atoms. The summed E-state index contributed by atoms with van der Waals surface area (Å²) in [4.78, 5) is 40.1. The summed E-state index contributed by atoms with van der Waals surface area (Å²) in [5.41, 5.74) is 1.16. The molecule has 4 aliphatic rings. The maximum Gasteiger partial charge on any atom is 0.271 e. The number of fused-ring (bicyclic) bond motifs is 1. The number of hydrogen-bond acceptors (Lipinski definition) is 8. The smallest absolute Gasteiger partial charge is 0.271 e. The summed E-state index contributed by atoms with van der Waals surface area (Å²) in [6, 6.07) is 11.5. The Bertz CT molecular complexity index is 1170. The Morgan fingerprint density at radius 3 is 2.80 bits per heavy atom. The normalized spacial score (nSPS) is 25.4. The van der Waals surface area contributed by atoms with E-state index in [1.54, 1.807) is 15.9 Å². The minimum Gasteiger partial charge on any atom is -0.451 e. The first kappa shape index (κ1) is 21.8. The van der Waals surface area contributed by atoms with Crippen LogP contribution in [0.1, 0.15) is 41.3 Å². The zero-order valence-electron chi connectivity index (χ0n) is 19.2. The van der Waals surface area contributed by atoms with E-state index in [0.29, 0.717) is 62.1 Å². The molecule has 2 unspecified atom stereocenters. The highest BCUT2D eigenvalue weighted by molar-refractivity contribution is 6.39. The highest BCUT2D eigenvalue weighted by Gasteiger charge is 2.47. The second-order valence-corrected chi connectivity index (χ2v) is 9.24. The van der Waals surface area contributed by atoms with E-state index in [2.05, 4.69) is 10.1 Å². The molecule has 6 rings (SSSR count). The number of aromatic nitrogens is 1. The lowest BCUT2D eigenvalue weighted by Gasteiger charge is -2.38. The number of nitrogens with zero attached hydrogens (tertiary/aromatic N) is 4. The van der Waals surface area contributed by atoms with E-state index in [9.17, 15) is 9.59 Å². The molecule has 10 heteroatoms. The van der Waals surface area contributed by atoms with Gasteiger partial charge in [-0.25, -0.2) is 4.98 Å². The van der Waals surface area contributed by atoms with Crippen molar-refractivity contribution in [2.24, 2.45) is 5.16 Å². The molecule has 4 aliphatic heterocycles. The second kappa shape index (κ2) is 8.84. The van der Waals surface area contributed by atoms with Crippen LogP contribution in [0.15, 0.2) is 47.8 Å². The molecule has 2 aromatic rings. The van der Waals surface area contributed by atoms with Gasteiger partial charge in [0.1, 0.15) is 11.8 Å². The number of ether oxygens (including phenoxy) is 3. The average Bonchev–Trinajstić information content (AvgIpc) is 3.56. The molecule has 182 valence electrons. The van der Waals surface area contributed by atoms with Gasteiger partial charge < -0.3 is 28.8 Å². The fourth-order valence-electron chi connectivity index (χ4n) is 5.17. The first-order valence-electron chi connectivity index (χ1n) is 11.9. The van der Waals surface area contributed by atoms with Gasteiger partial charge in [-0.1, -0.05) is 35.5 Å². The lowest BCUT2D eigenvalue weighted by Crippen LogP contribution is -2.51. The highest BCUT2D eigenvalue weighted by atomic mass is 16.7. The van der Waals surface area contributed by atoms with E-state index >= 15 is 0 Å². The molecule has 1 aromatic carbocycles. The van der Waals surface area contributed by atoms with E-state index in [1.165, 1.54) is 6.20 Å². The van der Waals surface area contributed by atoms with Crippen molar-refractivity contribution in [2.45, 2.75) is 31.0 Å². The summed E-state index contributed by atoms with van der Waals surface area (Å²) >= 11 is 0. The van der Waals surface area contributed by atoms with Gasteiger partial charge in [0.15, 0.2) is 11.4 Å². The molecule has 2 saturated heterocycles. The van der Waals surface area contributed by atoms with Gasteiger partial charge in [-0.15, -0.1) is 0 Å². The van der Waals surface area contributed by atoms with Crippen LogP contribution >= 0.6 is 0 Å². The summed E-state index contributed by atoms with van der Waals surface area (Å²) in [6.07, 6.45) is 3.22. The number of rotatable bonds is 3. The Hall–Kier alpha value is -3.66. The summed E-state index contributed by atoms with van der Waals surface area (Å²) in [5, 5.41) is 4.20. The number of benzene rings is 1. The van der Waals surface area contributed by atoms with E-state index in [-0.39, 0.29) is 24.7 Å². The summed E-state index contributed by atoms with van der Waals surface area (Å²) in [7, 11) is 0. The van der Waals surface area contributed by atoms with Gasteiger partial charge in [-0.05, 0) is 24.5 Å². The highest BCUT2D eigenvalue weighted by Crippen LogP contribution is 2.37. The fraction of sp³-hybridized carbons (Fsp3) is 0.440. The number of morpholine rings is 1. The van der Waals surface area contributed by atoms with Crippen molar-refractivity contribution in [3.05, 3.63) is 53.7 Å². The predicted molar refractivity (Wildman–Crippen MR) is 123 cm³/mol. The molecule has 2 amide bonds. The maximum atomic E-state index is 13.3. The third-order valence-electron chi connectivity index (χ3n) is 6.94. The molecule has 0 bridgehead atoms. The lowest BCUT2D eigenvalue weighted by molar-refractivity contribution is -0.131. The zero-order chi connectivity index (χ0) is 23.8. The van der Waals surface area contributed by atoms with Crippen LogP contribution in [0, 0.1) is 0 Å². The lowest BCUT2D eigenvalue weighted by atomic mass is 9.87. The SMILES string of the molecule is O=C(C1=NOC2(CCCN(C(=O)c3ccnc4c3OCO4)C2)C1)N1CCOC(c2ccccc2)C1. The van der Waals surface area contributed by atoms with Crippen LogP contribution < -0.4 is 9.47 Å². The van der Waals surface area contributed by atoms with Gasteiger partial charge in [-0.3, -0.25) is 9.59 Å². The molecule has 0 aliphatic carbocycles. The number of hydrogen-bond donors (Lipinski definition) is 0. The summed E-state index contributed by atoms with van der Waals surface area (Å²) in [6.45, 7) is 2.43. The first-order valence-corrected chi connectivity index (χ1v) is 11.9. The predicted octanol–water partition coefficient (Wildman–Crippen LogP) is 2.16. The summed E-state index contributed by atoms with van der Waals surface area (Å²) in [5.74, 6) is 0.398. The minimum atomic E-state index is -0.697. The van der Waals surface area contributed by atoms with Gasteiger partial charge >= 0.3 is 0 Å². The van der Waals surface area contributed by atoms with Gasteiger partial charge in [0, 0.05) is 25.7 Å². The van der Waals surface area contributed by atoms with Gasteiger partial charge in [-0.2, -0.15) is 0 Å². The molecule has 35 heavy (non-hydrogen) atoms. The second-order valence-electron chi connectivity index (χ2n) is 9.24. The Labute approximate surface area is 202 Å². The number of amides is 2. The fourth-order valence-corrected chi connectivity index (χ4v) is 5.17. The number of piperidine rings is 1. The minimum absolute atomic E-state index is 0.0473. The third-order valence-corrected chi connectivity index (χ3v) is 6.94. The molecular weight excluding hydrogens is 452 g/mol. The molecular formula is C25H26N4O6. The molecule has 2 fully saturated rings. The molecule has 0 saturated carbocycles. The van der Waals surface area contributed by atoms with E-state index in [4.69, 9.17) is 19.0 Å². The van der Waals surface area contributed by atoms with Crippen LogP contribution in [-0.4, -0.2) is 77.5 Å². The van der Waals surface area contributed by atoms with E-state index in [1.807, 2.05) is 30.3 Å². The third kappa shape index (κ3) is 4.07. The van der Waals surface area contributed by atoms with Crippen molar-refractivity contribution in [3.8, 4) is 11.6 Å². The number of carbonyl (C=O) groups excluding carboxylic acids is 2. The Morgan fingerprint density at radius 1 is 1.03 bits per heavy atom. The Balaban J connectivity index is 1.12. The van der Waals surface area contributed by atoms with Crippen molar-refractivity contribution in [1.82, 2.24) is 14.8 Å². The largest absolute Gasteiger partial charge is 0.451 e. The van der Waals surface area contributed by atoms with E-state index < -0.39 is 5.60 Å². The van der Waals surface area contributed by atoms with Crippen molar-refractivity contribution in [2.75, 3.05) is 39.6 Å². The first-order chi connectivity index (χ1) is 17.1. The topological polar surface area (TPSA) is 103 Å². The van der Waals surface area contributed by atoms with Crippen LogP contribution in [0.25, 0.3) is 0 Å². The molecule has 10 nitrogen and oxygen atoms in total. The number of pyridine rings is 1. The molecule has 0 N–H and O–H groups in total. The molecule has 5 heterocycles. The van der Waals surface area contributed by atoms with Crippen LogP contribution in [0.3, 0.4) is 0 Å². The van der Waals surface area contributed by atoms with Gasteiger partial charge in [0.2, 0.25) is 6.79 Å². The number of carbonyl (C=O) groups is 2. The van der Waals surface area contributed by atoms with Gasteiger partial charge in [0.25, 0.3) is 17.7 Å². The van der Waals surface area contributed by atoms with Crippen molar-refractivity contribution >= 4 is 17.5 Å². The van der Waals surface area contributed by atoms with Crippen LogP contribution in [0.2, 0.25) is 0 Å². The summed E-state index contributed by atoms with van der Waals surface area (Å²) < 4.78 is 16.7. The average molecular weight is 479 g/mol. The Morgan fingerprint density at radius 2 is 1.91 bits per heavy atom. The molecule has 1 aromatic heterocycles. The van der Waals surface area contributed by atoms with E-state index in [0.717, 1.165) is 18.4 Å². The van der Waals surface area contributed by atoms with Crippen LogP contribution in [0.4, 0.5) is 0 Å². The Kier molecular flexibility index (Phi) is 5.52. The van der Waals surface area contributed by atoms with Crippen molar-refractivity contribution in [1.29, 1.82) is 0 Å². The standard InChI is InChI=1S/C25H26N4O6/c30-23(18-7-9-26-22-21(18)33-16-34-22)29-10-4-8-25(15-29)13-19(27-35-25)24(31)28-11-12-32-20(14-28)17-5-2-1-3-6-17/h1-3,5-7,9,20H,4,8,10-16H2. The quantitative estimate of drug-likeness (QED) is 0.666. The number of likely N-dealkylation sites (tertiary alicyclic amines) is 1. The molecule has 2 atom stereocenters. The van der Waals surface area contributed by atoms with Gasteiger partial charge in [0.05, 0.1) is 25.3 Å².